The summed E-state index contributed by atoms with van der Waals surface area (Å²) < 4.78 is 2.51. The van der Waals surface area contributed by atoms with Crippen molar-refractivity contribution in [2.24, 2.45) is 0 Å². The predicted molar refractivity (Wildman–Crippen MR) is 252 cm³/mol. The fraction of sp³-hybridized carbons (Fsp3) is 0.0172. The highest BCUT2D eigenvalue weighted by Crippen LogP contribution is 2.61. The first-order valence-electron chi connectivity index (χ1n) is 21.2. The minimum atomic E-state index is -0.505. The third kappa shape index (κ3) is 4.98. The first kappa shape index (κ1) is 34.6. The predicted octanol–water partition coefficient (Wildman–Crippen LogP) is 14.0. The number of hydrogen-bond donors (Lipinski definition) is 0. The molecule has 0 unspecified atom stereocenters. The van der Waals surface area contributed by atoms with E-state index in [-0.39, 0.29) is 0 Å². The van der Waals surface area contributed by atoms with Gasteiger partial charge in [0.15, 0.2) is 17.5 Å². The number of rotatable bonds is 5. The fourth-order valence-corrected chi connectivity index (χ4v) is 10.4. The minimum absolute atomic E-state index is 0.505. The van der Waals surface area contributed by atoms with Crippen LogP contribution in [0.3, 0.4) is 0 Å². The molecule has 1 spiro atoms. The van der Waals surface area contributed by atoms with Gasteiger partial charge in [0.2, 0.25) is 0 Å². The third-order valence-corrected chi connectivity index (χ3v) is 13.1. The lowest BCUT2D eigenvalue weighted by atomic mass is 9.65. The van der Waals surface area contributed by atoms with Gasteiger partial charge in [0.05, 0.1) is 22.1 Å². The van der Waals surface area contributed by atoms with Crippen LogP contribution < -0.4 is 0 Å². The molecule has 0 atom stereocenters. The molecule has 288 valence electrons. The average molecular weight is 789 g/mol. The highest BCUT2D eigenvalue weighted by molar-refractivity contribution is 6.13. The van der Waals surface area contributed by atoms with Gasteiger partial charge in [-0.05, 0) is 79.9 Å². The smallest absolute Gasteiger partial charge is 0.164 e. The highest BCUT2D eigenvalue weighted by Gasteiger charge is 2.50. The molecule has 0 bridgehead atoms. The van der Waals surface area contributed by atoms with Crippen LogP contribution >= 0.6 is 0 Å². The van der Waals surface area contributed by atoms with Crippen molar-refractivity contribution in [1.29, 1.82) is 0 Å². The van der Waals surface area contributed by atoms with Gasteiger partial charge in [0.1, 0.15) is 0 Å². The van der Waals surface area contributed by atoms with Gasteiger partial charge in [-0.1, -0.05) is 194 Å². The molecule has 0 radical (unpaired) electrons. The van der Waals surface area contributed by atoms with Crippen molar-refractivity contribution < 1.29 is 0 Å². The van der Waals surface area contributed by atoms with E-state index >= 15 is 0 Å². The molecule has 2 aliphatic rings. The van der Waals surface area contributed by atoms with Crippen molar-refractivity contribution in [3.63, 3.8) is 0 Å². The second-order valence-corrected chi connectivity index (χ2v) is 16.3. The van der Waals surface area contributed by atoms with E-state index in [1.54, 1.807) is 0 Å². The number of hydrogen-bond acceptors (Lipinski definition) is 3. The number of fused-ring (bicyclic) bond motifs is 12. The Morgan fingerprint density at radius 1 is 0.306 bits per heavy atom. The number of benzene rings is 9. The monoisotopic (exact) mass is 788 g/mol. The molecule has 1 aliphatic heterocycles. The van der Waals surface area contributed by atoms with E-state index in [4.69, 9.17) is 15.0 Å². The van der Waals surface area contributed by atoms with Gasteiger partial charge in [-0.3, -0.25) is 0 Å². The van der Waals surface area contributed by atoms with Crippen LogP contribution in [0.25, 0.3) is 95.0 Å². The first-order chi connectivity index (χ1) is 30.7. The molecule has 0 saturated heterocycles. The summed E-state index contributed by atoms with van der Waals surface area (Å²) in [6.07, 6.45) is 0. The van der Waals surface area contributed by atoms with Crippen molar-refractivity contribution in [2.75, 3.05) is 0 Å². The van der Waals surface area contributed by atoms with Gasteiger partial charge in [-0.25, -0.2) is 15.0 Å². The van der Waals surface area contributed by atoms with Crippen LogP contribution in [0.4, 0.5) is 0 Å². The summed E-state index contributed by atoms with van der Waals surface area (Å²) >= 11 is 0. The average Bonchev–Trinajstić information content (AvgIpc) is 3.85. The number of nitrogens with zero attached hydrogens (tertiary/aromatic N) is 4. The van der Waals surface area contributed by atoms with Crippen LogP contribution in [0, 0.1) is 0 Å². The summed E-state index contributed by atoms with van der Waals surface area (Å²) in [6.45, 7) is 0. The Labute approximate surface area is 359 Å². The highest BCUT2D eigenvalue weighted by atomic mass is 15.0. The van der Waals surface area contributed by atoms with E-state index in [0.29, 0.717) is 17.5 Å². The summed E-state index contributed by atoms with van der Waals surface area (Å²) in [4.78, 5) is 15.2. The summed E-state index contributed by atoms with van der Waals surface area (Å²) in [5.74, 6) is 1.91. The van der Waals surface area contributed by atoms with Crippen molar-refractivity contribution in [3.8, 4) is 73.2 Å². The maximum atomic E-state index is 5.12. The lowest BCUT2D eigenvalue weighted by molar-refractivity contribution is 0.749. The molecule has 13 rings (SSSR count). The van der Waals surface area contributed by atoms with Gasteiger partial charge in [-0.15, -0.1) is 0 Å². The van der Waals surface area contributed by atoms with Gasteiger partial charge in [-0.2, -0.15) is 0 Å². The van der Waals surface area contributed by atoms with Crippen LogP contribution in [0.1, 0.15) is 22.3 Å². The zero-order valence-corrected chi connectivity index (χ0v) is 33.6. The Morgan fingerprint density at radius 3 is 1.50 bits per heavy atom. The molecular weight excluding hydrogens is 753 g/mol. The molecule has 0 N–H and O–H groups in total. The summed E-state index contributed by atoms with van der Waals surface area (Å²) in [5, 5.41) is 2.55. The fourth-order valence-electron chi connectivity index (χ4n) is 10.4. The Morgan fingerprint density at radius 2 is 0.774 bits per heavy atom. The SMILES string of the molecule is c1ccc(-c2cccc(-c3nc(-c4ccccc4)nc(-c4ccc(-c5ccc6c(c5)C5(c7ccccc7-c7ccccc75)c5cccc7c8ccccc8n-6c57)cc4)n3)c2)cc1. The molecule has 1 aliphatic carbocycles. The molecule has 62 heavy (non-hydrogen) atoms. The van der Waals surface area contributed by atoms with E-state index in [1.807, 2.05) is 24.3 Å². The van der Waals surface area contributed by atoms with E-state index < -0.39 is 5.41 Å². The van der Waals surface area contributed by atoms with Crippen LogP contribution in [0.5, 0.6) is 0 Å². The quantitative estimate of drug-likeness (QED) is 0.174. The summed E-state index contributed by atoms with van der Waals surface area (Å²) in [5.41, 5.74) is 18.4. The molecule has 4 heteroatoms. The van der Waals surface area contributed by atoms with Gasteiger partial charge < -0.3 is 4.57 Å². The van der Waals surface area contributed by atoms with Crippen molar-refractivity contribution in [3.05, 3.63) is 241 Å². The molecule has 2 aromatic heterocycles. The minimum Gasteiger partial charge on any atom is -0.309 e. The zero-order chi connectivity index (χ0) is 40.8. The van der Waals surface area contributed by atoms with Crippen LogP contribution in [0.15, 0.2) is 218 Å². The van der Waals surface area contributed by atoms with Gasteiger partial charge in [0, 0.05) is 27.5 Å². The lowest BCUT2D eigenvalue weighted by Gasteiger charge is -2.40. The van der Waals surface area contributed by atoms with Gasteiger partial charge >= 0.3 is 0 Å². The summed E-state index contributed by atoms with van der Waals surface area (Å²) in [6, 6.07) is 78.6. The van der Waals surface area contributed by atoms with E-state index in [0.717, 1.165) is 38.9 Å². The molecule has 0 fully saturated rings. The standard InChI is InChI=1S/C58H36N4/c1-3-15-37(16-4-1)41-19-13-20-43(35-41)57-60-55(39-17-5-2-6-18-39)59-56(61-57)40-31-29-38(30-32-40)42-33-34-53-51(36-42)58(48-25-10-7-21-44(48)45-22-8-11-26-49(45)58)50-27-14-24-47-46-23-9-12-28-52(46)62(53)54(47)50/h1-36H. The normalized spacial score (nSPS) is 13.0. The third-order valence-electron chi connectivity index (χ3n) is 13.1. The molecule has 0 saturated carbocycles. The Hall–Kier alpha value is -8.21. The molecular formula is C58H36N4. The Kier molecular flexibility index (Phi) is 7.49. The molecule has 3 heterocycles. The zero-order valence-electron chi connectivity index (χ0n) is 33.6. The van der Waals surface area contributed by atoms with E-state index in [9.17, 15) is 0 Å². The Balaban J connectivity index is 0.978. The second kappa shape index (κ2) is 13.4. The summed E-state index contributed by atoms with van der Waals surface area (Å²) in [7, 11) is 0. The topological polar surface area (TPSA) is 43.6 Å². The number of aromatic nitrogens is 4. The first-order valence-corrected chi connectivity index (χ1v) is 21.2. The van der Waals surface area contributed by atoms with Crippen LogP contribution in [-0.4, -0.2) is 19.5 Å². The molecule has 9 aromatic carbocycles. The van der Waals surface area contributed by atoms with E-state index in [1.165, 1.54) is 60.9 Å². The Bertz CT molecular complexity index is 3520. The largest absolute Gasteiger partial charge is 0.309 e. The molecule has 11 aromatic rings. The van der Waals surface area contributed by atoms with Crippen molar-refractivity contribution in [2.45, 2.75) is 5.41 Å². The maximum absolute atomic E-state index is 5.12. The number of para-hydroxylation sites is 2. The lowest BCUT2D eigenvalue weighted by Crippen LogP contribution is -2.33. The van der Waals surface area contributed by atoms with Crippen LogP contribution in [0.2, 0.25) is 0 Å². The van der Waals surface area contributed by atoms with Crippen molar-refractivity contribution in [1.82, 2.24) is 19.5 Å². The second-order valence-electron chi connectivity index (χ2n) is 16.3. The van der Waals surface area contributed by atoms with Gasteiger partial charge in [0.25, 0.3) is 0 Å². The van der Waals surface area contributed by atoms with E-state index in [2.05, 4.69) is 199 Å². The van der Waals surface area contributed by atoms with Crippen molar-refractivity contribution >= 4 is 21.8 Å². The van der Waals surface area contributed by atoms with Crippen LogP contribution in [-0.2, 0) is 5.41 Å². The molecule has 0 amide bonds. The molecule has 4 nitrogen and oxygen atoms in total. The maximum Gasteiger partial charge on any atom is 0.164 e.